The SMILES string of the molecule is CCOC(=O)C(C)Oc1cc(N)ccc1C(=O)O. The third-order valence-electron chi connectivity index (χ3n) is 2.16. The first-order valence-electron chi connectivity index (χ1n) is 5.41. The van der Waals surface area contributed by atoms with Gasteiger partial charge in [-0.2, -0.15) is 0 Å². The molecule has 0 aliphatic rings. The van der Waals surface area contributed by atoms with Gasteiger partial charge >= 0.3 is 11.9 Å². The summed E-state index contributed by atoms with van der Waals surface area (Å²) in [6.07, 6.45) is -0.898. The maximum Gasteiger partial charge on any atom is 0.347 e. The summed E-state index contributed by atoms with van der Waals surface area (Å²) in [7, 11) is 0. The lowest BCUT2D eigenvalue weighted by atomic mass is 10.2. The quantitative estimate of drug-likeness (QED) is 0.606. The van der Waals surface area contributed by atoms with E-state index >= 15 is 0 Å². The second kappa shape index (κ2) is 5.90. The molecule has 1 unspecified atom stereocenters. The average molecular weight is 253 g/mol. The van der Waals surface area contributed by atoms with E-state index in [0.29, 0.717) is 5.69 Å². The van der Waals surface area contributed by atoms with Crippen LogP contribution in [0.1, 0.15) is 24.2 Å². The van der Waals surface area contributed by atoms with Gasteiger partial charge in [0.25, 0.3) is 0 Å². The van der Waals surface area contributed by atoms with Gasteiger partial charge in [0.15, 0.2) is 6.10 Å². The molecule has 0 aliphatic carbocycles. The number of aromatic carboxylic acids is 1. The molecule has 0 bridgehead atoms. The summed E-state index contributed by atoms with van der Waals surface area (Å²) >= 11 is 0. The fourth-order valence-corrected chi connectivity index (χ4v) is 1.31. The van der Waals surface area contributed by atoms with Crippen LogP contribution in [-0.4, -0.2) is 29.8 Å². The van der Waals surface area contributed by atoms with Crippen molar-refractivity contribution >= 4 is 17.6 Å². The molecule has 18 heavy (non-hydrogen) atoms. The highest BCUT2D eigenvalue weighted by molar-refractivity contribution is 5.91. The molecule has 0 amide bonds. The van der Waals surface area contributed by atoms with Crippen LogP contribution in [0.2, 0.25) is 0 Å². The smallest absolute Gasteiger partial charge is 0.347 e. The van der Waals surface area contributed by atoms with Gasteiger partial charge in [-0.1, -0.05) is 0 Å². The standard InChI is InChI=1S/C12H15NO5/c1-3-17-12(16)7(2)18-10-6-8(13)4-5-9(10)11(14)15/h4-7H,3,13H2,1-2H3,(H,14,15). The van der Waals surface area contributed by atoms with E-state index in [4.69, 9.17) is 20.3 Å². The van der Waals surface area contributed by atoms with Crippen molar-refractivity contribution < 1.29 is 24.2 Å². The third kappa shape index (κ3) is 3.38. The van der Waals surface area contributed by atoms with Crippen LogP contribution in [0.5, 0.6) is 5.75 Å². The minimum Gasteiger partial charge on any atom is -0.478 e. The molecule has 1 rings (SSSR count). The molecule has 98 valence electrons. The first-order chi connectivity index (χ1) is 8.45. The van der Waals surface area contributed by atoms with Gasteiger partial charge in [-0.25, -0.2) is 9.59 Å². The molecular weight excluding hydrogens is 238 g/mol. The van der Waals surface area contributed by atoms with Gasteiger partial charge in [-0.05, 0) is 26.0 Å². The van der Waals surface area contributed by atoms with Crippen LogP contribution in [0.4, 0.5) is 5.69 Å². The number of carbonyl (C=O) groups is 2. The normalized spacial score (nSPS) is 11.7. The van der Waals surface area contributed by atoms with Crippen LogP contribution in [0.3, 0.4) is 0 Å². The highest BCUT2D eigenvalue weighted by Crippen LogP contribution is 2.23. The third-order valence-corrected chi connectivity index (χ3v) is 2.16. The molecule has 1 aromatic rings. The monoisotopic (exact) mass is 253 g/mol. The number of carbonyl (C=O) groups excluding carboxylic acids is 1. The highest BCUT2D eigenvalue weighted by Gasteiger charge is 2.19. The van der Waals surface area contributed by atoms with E-state index in [2.05, 4.69) is 0 Å². The van der Waals surface area contributed by atoms with E-state index < -0.39 is 18.0 Å². The zero-order chi connectivity index (χ0) is 13.7. The molecule has 1 atom stereocenters. The van der Waals surface area contributed by atoms with Crippen molar-refractivity contribution in [3.8, 4) is 5.75 Å². The Labute approximate surface area is 104 Å². The van der Waals surface area contributed by atoms with Crippen LogP contribution in [0.15, 0.2) is 18.2 Å². The number of hydrogen-bond donors (Lipinski definition) is 2. The molecule has 0 aliphatic heterocycles. The van der Waals surface area contributed by atoms with Crippen LogP contribution in [-0.2, 0) is 9.53 Å². The fourth-order valence-electron chi connectivity index (χ4n) is 1.31. The van der Waals surface area contributed by atoms with E-state index in [1.165, 1.54) is 25.1 Å². The zero-order valence-electron chi connectivity index (χ0n) is 10.2. The molecule has 6 nitrogen and oxygen atoms in total. The van der Waals surface area contributed by atoms with Crippen molar-refractivity contribution in [1.29, 1.82) is 0 Å². The molecule has 0 saturated heterocycles. The predicted octanol–water partition coefficient (Wildman–Crippen LogP) is 1.30. The number of nitrogens with two attached hydrogens (primary N) is 1. The van der Waals surface area contributed by atoms with Gasteiger partial charge in [-0.15, -0.1) is 0 Å². The van der Waals surface area contributed by atoms with Crippen molar-refractivity contribution in [3.63, 3.8) is 0 Å². The van der Waals surface area contributed by atoms with Crippen molar-refractivity contribution in [2.45, 2.75) is 20.0 Å². The van der Waals surface area contributed by atoms with Gasteiger partial charge in [0.2, 0.25) is 0 Å². The molecule has 0 aromatic heterocycles. The average Bonchev–Trinajstić information content (AvgIpc) is 2.28. The summed E-state index contributed by atoms with van der Waals surface area (Å²) in [5.41, 5.74) is 5.85. The summed E-state index contributed by atoms with van der Waals surface area (Å²) in [5.74, 6) is -1.67. The first-order valence-corrected chi connectivity index (χ1v) is 5.41. The first kappa shape index (κ1) is 13.8. The van der Waals surface area contributed by atoms with E-state index in [-0.39, 0.29) is 17.9 Å². The topological polar surface area (TPSA) is 98.9 Å². The fraction of sp³-hybridized carbons (Fsp3) is 0.333. The van der Waals surface area contributed by atoms with E-state index in [9.17, 15) is 9.59 Å². The number of nitrogen functional groups attached to an aromatic ring is 1. The second-order valence-corrected chi connectivity index (χ2v) is 3.57. The Morgan fingerprint density at radius 3 is 2.67 bits per heavy atom. The Hall–Kier alpha value is -2.24. The zero-order valence-corrected chi connectivity index (χ0v) is 10.2. The van der Waals surface area contributed by atoms with Crippen LogP contribution in [0.25, 0.3) is 0 Å². The Kier molecular flexibility index (Phi) is 4.53. The second-order valence-electron chi connectivity index (χ2n) is 3.57. The summed E-state index contributed by atoms with van der Waals surface area (Å²) in [6, 6.07) is 4.13. The molecule has 0 radical (unpaired) electrons. The minimum atomic E-state index is -1.15. The number of rotatable bonds is 5. The van der Waals surface area contributed by atoms with Gasteiger partial charge in [-0.3, -0.25) is 0 Å². The van der Waals surface area contributed by atoms with Crippen LogP contribution >= 0.6 is 0 Å². The highest BCUT2D eigenvalue weighted by atomic mass is 16.6. The van der Waals surface area contributed by atoms with E-state index in [0.717, 1.165) is 0 Å². The Balaban J connectivity index is 2.92. The molecule has 0 heterocycles. The molecule has 0 spiro atoms. The largest absolute Gasteiger partial charge is 0.478 e. The van der Waals surface area contributed by atoms with Crippen molar-refractivity contribution in [2.24, 2.45) is 0 Å². The predicted molar refractivity (Wildman–Crippen MR) is 64.5 cm³/mol. The van der Waals surface area contributed by atoms with Gasteiger partial charge < -0.3 is 20.3 Å². The van der Waals surface area contributed by atoms with E-state index in [1.54, 1.807) is 6.92 Å². The number of carboxylic acids is 1. The molecule has 0 fully saturated rings. The maximum atomic E-state index is 11.4. The lowest BCUT2D eigenvalue weighted by Crippen LogP contribution is -2.26. The number of esters is 1. The number of hydrogen-bond acceptors (Lipinski definition) is 5. The molecular formula is C12H15NO5. The Bertz CT molecular complexity index is 458. The maximum absolute atomic E-state index is 11.4. The van der Waals surface area contributed by atoms with Crippen molar-refractivity contribution in [3.05, 3.63) is 23.8 Å². The van der Waals surface area contributed by atoms with Crippen LogP contribution in [0, 0.1) is 0 Å². The van der Waals surface area contributed by atoms with Crippen molar-refractivity contribution in [2.75, 3.05) is 12.3 Å². The molecule has 0 saturated carbocycles. The molecule has 1 aromatic carbocycles. The van der Waals surface area contributed by atoms with E-state index in [1.807, 2.05) is 0 Å². The van der Waals surface area contributed by atoms with Gasteiger partial charge in [0.05, 0.1) is 6.61 Å². The van der Waals surface area contributed by atoms with Gasteiger partial charge in [0.1, 0.15) is 11.3 Å². The number of benzene rings is 1. The summed E-state index contributed by atoms with van der Waals surface area (Å²) < 4.78 is 10.0. The minimum absolute atomic E-state index is 0.0445. The Morgan fingerprint density at radius 2 is 2.11 bits per heavy atom. The summed E-state index contributed by atoms with van der Waals surface area (Å²) in [5, 5.41) is 8.97. The lowest BCUT2D eigenvalue weighted by molar-refractivity contribution is -0.150. The number of ether oxygens (including phenoxy) is 2. The molecule has 6 heteroatoms. The number of carboxylic acid groups (broad SMARTS) is 1. The summed E-state index contributed by atoms with van der Waals surface area (Å²) in [4.78, 5) is 22.4. The van der Waals surface area contributed by atoms with Crippen LogP contribution < -0.4 is 10.5 Å². The lowest BCUT2D eigenvalue weighted by Gasteiger charge is -2.15. The summed E-state index contributed by atoms with van der Waals surface area (Å²) in [6.45, 7) is 3.38. The molecule has 3 N–H and O–H groups in total. The van der Waals surface area contributed by atoms with Crippen molar-refractivity contribution in [1.82, 2.24) is 0 Å². The Morgan fingerprint density at radius 1 is 1.44 bits per heavy atom. The van der Waals surface area contributed by atoms with Gasteiger partial charge in [0, 0.05) is 11.8 Å². The number of anilines is 1.